The number of rotatable bonds is 7. The molecule has 1 heterocycles. The van der Waals surface area contributed by atoms with Crippen LogP contribution in [0.1, 0.15) is 27.7 Å². The van der Waals surface area contributed by atoms with Gasteiger partial charge in [0.15, 0.2) is 12.2 Å². The van der Waals surface area contributed by atoms with Crippen LogP contribution in [0.3, 0.4) is 0 Å². The lowest BCUT2D eigenvalue weighted by atomic mass is 9.98. The highest BCUT2D eigenvalue weighted by atomic mass is 16.7. The highest BCUT2D eigenvalue weighted by Gasteiger charge is 2.53. The number of esters is 4. The Balaban J connectivity index is 2.43. The predicted molar refractivity (Wildman–Crippen MR) is 101 cm³/mol. The van der Waals surface area contributed by atoms with Gasteiger partial charge < -0.3 is 33.5 Å². The second-order valence-electron chi connectivity index (χ2n) is 6.68. The van der Waals surface area contributed by atoms with Crippen molar-refractivity contribution in [1.82, 2.24) is 0 Å². The number of ether oxygens (including phenoxy) is 6. The molecule has 1 fully saturated rings. The molecule has 0 unspecified atom stereocenters. The molecule has 2 rings (SSSR count). The van der Waals surface area contributed by atoms with Crippen molar-refractivity contribution < 1.29 is 52.7 Å². The van der Waals surface area contributed by atoms with Gasteiger partial charge in [-0.3, -0.25) is 19.2 Å². The lowest BCUT2D eigenvalue weighted by Gasteiger charge is -2.43. The molecule has 5 atom stereocenters. The van der Waals surface area contributed by atoms with Crippen molar-refractivity contribution in [3.63, 3.8) is 0 Å². The number of benzene rings is 1. The van der Waals surface area contributed by atoms with Crippen LogP contribution in [0.2, 0.25) is 0 Å². The van der Waals surface area contributed by atoms with Crippen LogP contribution in [0.4, 0.5) is 0 Å². The van der Waals surface area contributed by atoms with Gasteiger partial charge >= 0.3 is 23.9 Å². The second-order valence-corrected chi connectivity index (χ2v) is 6.68. The zero-order valence-corrected chi connectivity index (χ0v) is 17.4. The maximum Gasteiger partial charge on any atom is 0.303 e. The first kappa shape index (κ1) is 23.9. The molecule has 0 aliphatic carbocycles. The number of aromatic hydroxyl groups is 1. The molecule has 1 N–H and O–H groups in total. The fourth-order valence-corrected chi connectivity index (χ4v) is 2.94. The third-order valence-electron chi connectivity index (χ3n) is 4.04. The molecule has 31 heavy (non-hydrogen) atoms. The maximum atomic E-state index is 11.8. The average Bonchev–Trinajstić information content (AvgIpc) is 2.65. The van der Waals surface area contributed by atoms with Crippen LogP contribution in [0.5, 0.6) is 11.5 Å². The summed E-state index contributed by atoms with van der Waals surface area (Å²) >= 11 is 0. The van der Waals surface area contributed by atoms with E-state index in [0.717, 1.165) is 20.8 Å². The minimum atomic E-state index is -1.33. The highest BCUT2D eigenvalue weighted by molar-refractivity contribution is 5.68. The van der Waals surface area contributed by atoms with Crippen LogP contribution in [-0.4, -0.2) is 66.3 Å². The Morgan fingerprint density at radius 2 is 1.32 bits per heavy atom. The molecule has 0 bridgehead atoms. The standard InChI is InChI=1S/C20H24O11/c1-10(21)26-9-16-17(27-11(2)22)18(28-12(3)23)19(29-13(4)24)20(31-16)30-15-7-5-14(25)6-8-15/h5-8,16-20,25H,9H2,1-4H3/t16-,17-,18+,19-,20+/m1/s1. The third kappa shape index (κ3) is 7.14. The highest BCUT2D eigenvalue weighted by Crippen LogP contribution is 2.31. The van der Waals surface area contributed by atoms with Crippen molar-refractivity contribution in [1.29, 1.82) is 0 Å². The molecule has 0 spiro atoms. The van der Waals surface area contributed by atoms with Gasteiger partial charge in [-0.15, -0.1) is 0 Å². The van der Waals surface area contributed by atoms with E-state index in [-0.39, 0.29) is 18.1 Å². The van der Waals surface area contributed by atoms with Gasteiger partial charge in [0.05, 0.1) is 0 Å². The normalized spacial score (nSPS) is 25.1. The Kier molecular flexibility index (Phi) is 8.20. The zero-order chi connectivity index (χ0) is 23.1. The van der Waals surface area contributed by atoms with Gasteiger partial charge in [-0.2, -0.15) is 0 Å². The van der Waals surface area contributed by atoms with E-state index in [4.69, 9.17) is 28.4 Å². The van der Waals surface area contributed by atoms with Crippen molar-refractivity contribution in [3.8, 4) is 11.5 Å². The molecule has 1 aliphatic rings. The van der Waals surface area contributed by atoms with Gasteiger partial charge in [-0.25, -0.2) is 0 Å². The van der Waals surface area contributed by atoms with Gasteiger partial charge in [-0.05, 0) is 24.3 Å². The summed E-state index contributed by atoms with van der Waals surface area (Å²) in [6.07, 6.45) is -6.34. The van der Waals surface area contributed by atoms with E-state index in [1.165, 1.54) is 31.2 Å². The molecule has 1 aliphatic heterocycles. The van der Waals surface area contributed by atoms with E-state index >= 15 is 0 Å². The Hall–Kier alpha value is -3.34. The summed E-state index contributed by atoms with van der Waals surface area (Å²) in [6, 6.07) is 5.59. The topological polar surface area (TPSA) is 144 Å². The third-order valence-corrected chi connectivity index (χ3v) is 4.04. The van der Waals surface area contributed by atoms with Crippen LogP contribution >= 0.6 is 0 Å². The molecule has 0 aromatic heterocycles. The van der Waals surface area contributed by atoms with Crippen molar-refractivity contribution in [2.24, 2.45) is 0 Å². The van der Waals surface area contributed by atoms with E-state index in [1.807, 2.05) is 0 Å². The molecular formula is C20H24O11. The number of carbonyl (C=O) groups is 4. The quantitative estimate of drug-likeness (QED) is 0.476. The summed E-state index contributed by atoms with van der Waals surface area (Å²) in [5.74, 6) is -2.58. The smallest absolute Gasteiger partial charge is 0.303 e. The first-order valence-electron chi connectivity index (χ1n) is 9.33. The number of hydrogen-bond donors (Lipinski definition) is 1. The van der Waals surface area contributed by atoms with E-state index in [0.29, 0.717) is 0 Å². The van der Waals surface area contributed by atoms with E-state index in [2.05, 4.69) is 0 Å². The second kappa shape index (κ2) is 10.6. The molecule has 0 radical (unpaired) electrons. The van der Waals surface area contributed by atoms with Gasteiger partial charge in [-0.1, -0.05) is 0 Å². The number of hydrogen-bond acceptors (Lipinski definition) is 11. The molecule has 1 aromatic carbocycles. The fourth-order valence-electron chi connectivity index (χ4n) is 2.94. The zero-order valence-electron chi connectivity index (χ0n) is 17.4. The fraction of sp³-hybridized carbons (Fsp3) is 0.500. The maximum absolute atomic E-state index is 11.8. The predicted octanol–water partition coefficient (Wildman–Crippen LogP) is 0.854. The van der Waals surface area contributed by atoms with Gasteiger partial charge in [0.2, 0.25) is 12.4 Å². The van der Waals surface area contributed by atoms with Crippen molar-refractivity contribution in [3.05, 3.63) is 24.3 Å². The summed E-state index contributed by atoms with van der Waals surface area (Å²) in [6.45, 7) is 4.22. The molecular weight excluding hydrogens is 416 g/mol. The van der Waals surface area contributed by atoms with E-state index < -0.39 is 54.6 Å². The lowest BCUT2D eigenvalue weighted by molar-refractivity contribution is -0.288. The summed E-state index contributed by atoms with van der Waals surface area (Å²) in [4.78, 5) is 46.4. The van der Waals surface area contributed by atoms with Gasteiger partial charge in [0.25, 0.3) is 0 Å². The summed E-state index contributed by atoms with van der Waals surface area (Å²) in [5.41, 5.74) is 0. The molecule has 170 valence electrons. The van der Waals surface area contributed by atoms with Gasteiger partial charge in [0.1, 0.15) is 24.2 Å². The summed E-state index contributed by atoms with van der Waals surface area (Å²) in [5, 5.41) is 9.45. The Morgan fingerprint density at radius 1 is 0.806 bits per heavy atom. The molecule has 0 saturated carbocycles. The Morgan fingerprint density at radius 3 is 1.84 bits per heavy atom. The van der Waals surface area contributed by atoms with Gasteiger partial charge in [0, 0.05) is 27.7 Å². The molecule has 11 heteroatoms. The van der Waals surface area contributed by atoms with Crippen LogP contribution < -0.4 is 4.74 Å². The average molecular weight is 440 g/mol. The molecule has 1 saturated heterocycles. The van der Waals surface area contributed by atoms with Crippen LogP contribution in [0.15, 0.2) is 24.3 Å². The summed E-state index contributed by atoms with van der Waals surface area (Å²) in [7, 11) is 0. The number of phenols is 1. The van der Waals surface area contributed by atoms with Crippen molar-refractivity contribution in [2.75, 3.05) is 6.61 Å². The largest absolute Gasteiger partial charge is 0.508 e. The van der Waals surface area contributed by atoms with Crippen LogP contribution in [-0.2, 0) is 42.9 Å². The summed E-state index contributed by atoms with van der Waals surface area (Å²) < 4.78 is 32.4. The van der Waals surface area contributed by atoms with Crippen molar-refractivity contribution >= 4 is 23.9 Å². The minimum absolute atomic E-state index is 0.00565. The monoisotopic (exact) mass is 440 g/mol. The first-order valence-corrected chi connectivity index (χ1v) is 9.33. The minimum Gasteiger partial charge on any atom is -0.508 e. The van der Waals surface area contributed by atoms with Crippen LogP contribution in [0, 0.1) is 0 Å². The molecule has 11 nitrogen and oxygen atoms in total. The Labute approximate surface area is 178 Å². The first-order chi connectivity index (χ1) is 14.6. The lowest BCUT2D eigenvalue weighted by Crippen LogP contribution is -2.63. The number of carbonyl (C=O) groups excluding carboxylic acids is 4. The molecule has 1 aromatic rings. The Bertz CT molecular complexity index is 804. The molecule has 0 amide bonds. The van der Waals surface area contributed by atoms with Crippen molar-refractivity contribution in [2.45, 2.75) is 58.4 Å². The SMILES string of the molecule is CC(=O)OC[C@H]1O[C@H](Oc2ccc(O)cc2)[C@H](OC(C)=O)[C@@H](OC(C)=O)[C@@H]1OC(C)=O. The van der Waals surface area contributed by atoms with E-state index in [1.54, 1.807) is 0 Å². The van der Waals surface area contributed by atoms with Crippen LogP contribution in [0.25, 0.3) is 0 Å². The van der Waals surface area contributed by atoms with E-state index in [9.17, 15) is 24.3 Å². The number of phenolic OH excluding ortho intramolecular Hbond substituents is 1.